The maximum absolute atomic E-state index is 11.9. The summed E-state index contributed by atoms with van der Waals surface area (Å²) in [7, 11) is 1.87. The SMILES string of the molecule is CN[C@H]1CC[C@H]2SC[C@@H](C)N2C1=O. The number of hydrogen-bond donors (Lipinski definition) is 1. The smallest absolute Gasteiger partial charge is 0.240 e. The van der Waals surface area contributed by atoms with Crippen LogP contribution in [0.25, 0.3) is 0 Å². The summed E-state index contributed by atoms with van der Waals surface area (Å²) in [4.78, 5) is 14.0. The maximum atomic E-state index is 11.9. The molecule has 1 N–H and O–H groups in total. The number of nitrogens with one attached hydrogen (secondary N) is 1. The third-order valence-corrected chi connectivity index (χ3v) is 4.44. The lowest BCUT2D eigenvalue weighted by molar-refractivity contribution is -0.137. The van der Waals surface area contributed by atoms with Crippen LogP contribution in [-0.2, 0) is 4.79 Å². The quantitative estimate of drug-likeness (QED) is 0.675. The second kappa shape index (κ2) is 3.50. The van der Waals surface area contributed by atoms with Crippen LogP contribution in [-0.4, -0.2) is 41.1 Å². The summed E-state index contributed by atoms with van der Waals surface area (Å²) in [5, 5.41) is 3.55. The number of rotatable bonds is 1. The van der Waals surface area contributed by atoms with Crippen LogP contribution in [0.2, 0.25) is 0 Å². The molecule has 0 aromatic rings. The van der Waals surface area contributed by atoms with Crippen LogP contribution in [0, 0.1) is 0 Å². The molecule has 3 nitrogen and oxygen atoms in total. The van der Waals surface area contributed by atoms with Crippen LogP contribution < -0.4 is 5.32 Å². The lowest BCUT2D eigenvalue weighted by Crippen LogP contribution is -2.53. The fourth-order valence-electron chi connectivity index (χ4n) is 2.16. The molecule has 0 bridgehead atoms. The van der Waals surface area contributed by atoms with Crippen molar-refractivity contribution in [2.75, 3.05) is 12.8 Å². The standard InChI is InChI=1S/C9H16N2OS/c1-6-5-13-8-4-3-7(10-2)9(12)11(6)8/h6-8,10H,3-5H2,1-2H3/t6-,7+,8-/m1/s1. The molecule has 0 aromatic carbocycles. The Hall–Kier alpha value is -0.220. The summed E-state index contributed by atoms with van der Waals surface area (Å²) in [5.74, 6) is 1.41. The number of carbonyl (C=O) groups is 1. The Morgan fingerprint density at radius 2 is 2.31 bits per heavy atom. The second-order valence-corrected chi connectivity index (χ2v) is 5.01. The number of thioether (sulfide) groups is 1. The lowest BCUT2D eigenvalue weighted by atomic mass is 10.0. The molecule has 0 saturated carbocycles. The van der Waals surface area contributed by atoms with Gasteiger partial charge in [0.15, 0.2) is 0 Å². The molecule has 2 rings (SSSR count). The molecular weight excluding hydrogens is 184 g/mol. The molecule has 2 aliphatic rings. The van der Waals surface area contributed by atoms with Crippen LogP contribution in [0.4, 0.5) is 0 Å². The lowest BCUT2D eigenvalue weighted by Gasteiger charge is -2.36. The van der Waals surface area contributed by atoms with Gasteiger partial charge in [0.2, 0.25) is 5.91 Å². The van der Waals surface area contributed by atoms with Gasteiger partial charge in [-0.2, -0.15) is 0 Å². The largest absolute Gasteiger partial charge is 0.326 e. The fraction of sp³-hybridized carbons (Fsp3) is 0.889. The van der Waals surface area contributed by atoms with Gasteiger partial charge in [-0.3, -0.25) is 4.79 Å². The Bertz CT molecular complexity index is 222. The minimum Gasteiger partial charge on any atom is -0.326 e. The van der Waals surface area contributed by atoms with E-state index in [1.807, 2.05) is 18.8 Å². The zero-order chi connectivity index (χ0) is 9.42. The first kappa shape index (κ1) is 9.34. The van der Waals surface area contributed by atoms with Gasteiger partial charge in [0.25, 0.3) is 0 Å². The van der Waals surface area contributed by atoms with Crippen LogP contribution in [0.3, 0.4) is 0 Å². The zero-order valence-corrected chi connectivity index (χ0v) is 8.93. The van der Waals surface area contributed by atoms with Gasteiger partial charge < -0.3 is 10.2 Å². The van der Waals surface area contributed by atoms with E-state index in [0.717, 1.165) is 18.6 Å². The Morgan fingerprint density at radius 3 is 3.00 bits per heavy atom. The number of piperidine rings is 1. The molecule has 0 unspecified atom stereocenters. The van der Waals surface area contributed by atoms with Crippen molar-refractivity contribution in [2.24, 2.45) is 0 Å². The molecule has 0 radical (unpaired) electrons. The van der Waals surface area contributed by atoms with Gasteiger partial charge in [0.05, 0.1) is 11.4 Å². The molecule has 2 heterocycles. The molecule has 0 spiro atoms. The van der Waals surface area contributed by atoms with Gasteiger partial charge in [0.1, 0.15) is 0 Å². The third kappa shape index (κ3) is 1.46. The number of hydrogen-bond acceptors (Lipinski definition) is 3. The molecule has 2 aliphatic heterocycles. The summed E-state index contributed by atoms with van der Waals surface area (Å²) in [5.41, 5.74) is 0. The van der Waals surface area contributed by atoms with Crippen LogP contribution >= 0.6 is 11.8 Å². The normalized spacial score (nSPS) is 39.4. The van der Waals surface area contributed by atoms with Crippen LogP contribution in [0.1, 0.15) is 19.8 Å². The molecule has 2 fully saturated rings. The molecule has 0 aromatic heterocycles. The van der Waals surface area contributed by atoms with Gasteiger partial charge in [-0.05, 0) is 26.8 Å². The predicted octanol–water partition coefficient (Wildman–Crippen LogP) is 0.658. The highest BCUT2D eigenvalue weighted by Gasteiger charge is 2.41. The Labute approximate surface area is 83.2 Å². The second-order valence-electron chi connectivity index (χ2n) is 3.80. The average Bonchev–Trinajstić information content (AvgIpc) is 2.49. The molecule has 2 saturated heterocycles. The van der Waals surface area contributed by atoms with Crippen LogP contribution in [0.5, 0.6) is 0 Å². The Balaban J connectivity index is 2.13. The van der Waals surface area contributed by atoms with E-state index < -0.39 is 0 Å². The van der Waals surface area contributed by atoms with Crippen molar-refractivity contribution in [2.45, 2.75) is 37.2 Å². The van der Waals surface area contributed by atoms with E-state index >= 15 is 0 Å². The molecule has 1 amide bonds. The van der Waals surface area contributed by atoms with Gasteiger partial charge in [0, 0.05) is 11.8 Å². The number of likely N-dealkylation sites (N-methyl/N-ethyl adjacent to an activating group) is 1. The van der Waals surface area contributed by atoms with E-state index in [2.05, 4.69) is 17.1 Å². The molecule has 3 atom stereocenters. The summed E-state index contributed by atoms with van der Waals surface area (Å²) < 4.78 is 0. The minimum atomic E-state index is 0.0670. The van der Waals surface area contributed by atoms with Gasteiger partial charge in [-0.25, -0.2) is 0 Å². The zero-order valence-electron chi connectivity index (χ0n) is 8.12. The van der Waals surface area contributed by atoms with Crippen molar-refractivity contribution >= 4 is 17.7 Å². The number of fused-ring (bicyclic) bond motifs is 1. The number of nitrogens with zero attached hydrogens (tertiary/aromatic N) is 1. The highest BCUT2D eigenvalue weighted by molar-refractivity contribution is 8.00. The highest BCUT2D eigenvalue weighted by atomic mass is 32.2. The van der Waals surface area contributed by atoms with Crippen molar-refractivity contribution in [3.63, 3.8) is 0 Å². The third-order valence-electron chi connectivity index (χ3n) is 2.92. The fourth-order valence-corrected chi connectivity index (χ4v) is 3.59. The molecular formula is C9H16N2OS. The Morgan fingerprint density at radius 1 is 1.54 bits per heavy atom. The monoisotopic (exact) mass is 200 g/mol. The topological polar surface area (TPSA) is 32.3 Å². The first-order chi connectivity index (χ1) is 6.24. The average molecular weight is 200 g/mol. The first-order valence-corrected chi connectivity index (χ1v) is 5.90. The van der Waals surface area contributed by atoms with Crippen molar-refractivity contribution in [3.8, 4) is 0 Å². The van der Waals surface area contributed by atoms with E-state index in [-0.39, 0.29) is 6.04 Å². The number of carbonyl (C=O) groups excluding carboxylic acids is 1. The Kier molecular flexibility index (Phi) is 2.51. The van der Waals surface area contributed by atoms with Crippen molar-refractivity contribution in [1.29, 1.82) is 0 Å². The van der Waals surface area contributed by atoms with Crippen molar-refractivity contribution < 1.29 is 4.79 Å². The molecule has 74 valence electrons. The molecule has 13 heavy (non-hydrogen) atoms. The van der Waals surface area contributed by atoms with Crippen molar-refractivity contribution in [3.05, 3.63) is 0 Å². The first-order valence-electron chi connectivity index (χ1n) is 4.85. The molecule has 0 aliphatic carbocycles. The maximum Gasteiger partial charge on any atom is 0.240 e. The van der Waals surface area contributed by atoms with E-state index in [0.29, 0.717) is 17.3 Å². The van der Waals surface area contributed by atoms with E-state index in [4.69, 9.17) is 0 Å². The van der Waals surface area contributed by atoms with Gasteiger partial charge in [-0.15, -0.1) is 11.8 Å². The number of amides is 1. The minimum absolute atomic E-state index is 0.0670. The van der Waals surface area contributed by atoms with Crippen LogP contribution in [0.15, 0.2) is 0 Å². The van der Waals surface area contributed by atoms with Crippen molar-refractivity contribution in [1.82, 2.24) is 10.2 Å². The van der Waals surface area contributed by atoms with E-state index in [1.165, 1.54) is 0 Å². The van der Waals surface area contributed by atoms with Gasteiger partial charge >= 0.3 is 0 Å². The van der Waals surface area contributed by atoms with E-state index in [9.17, 15) is 4.79 Å². The summed E-state index contributed by atoms with van der Waals surface area (Å²) in [6, 6.07) is 0.496. The molecule has 4 heteroatoms. The summed E-state index contributed by atoms with van der Waals surface area (Å²) in [6.07, 6.45) is 2.14. The van der Waals surface area contributed by atoms with E-state index in [1.54, 1.807) is 0 Å². The summed E-state index contributed by atoms with van der Waals surface area (Å²) >= 11 is 1.93. The summed E-state index contributed by atoms with van der Waals surface area (Å²) in [6.45, 7) is 2.14. The highest BCUT2D eigenvalue weighted by Crippen LogP contribution is 2.35. The predicted molar refractivity (Wildman–Crippen MR) is 54.6 cm³/mol. The van der Waals surface area contributed by atoms with Gasteiger partial charge in [-0.1, -0.05) is 0 Å².